The second kappa shape index (κ2) is 10.3. The molecule has 8 heteroatoms. The lowest BCUT2D eigenvalue weighted by molar-refractivity contribution is -0.123. The molecule has 2 N–H and O–H groups in total. The fraction of sp³-hybridized carbons (Fsp3) is 0.400. The predicted molar refractivity (Wildman–Crippen MR) is 130 cm³/mol. The van der Waals surface area contributed by atoms with Crippen molar-refractivity contribution in [3.05, 3.63) is 54.1 Å². The second-order valence-corrected chi connectivity index (χ2v) is 9.99. The van der Waals surface area contributed by atoms with E-state index in [0.717, 1.165) is 42.5 Å². The van der Waals surface area contributed by atoms with Gasteiger partial charge in [-0.25, -0.2) is 4.98 Å². The molecule has 1 atom stereocenters. The van der Waals surface area contributed by atoms with Crippen LogP contribution in [-0.2, 0) is 32.7 Å². The number of nitrogens with two attached hydrogens (primary N) is 1. The number of imidazole rings is 1. The molecule has 1 fully saturated rings. The number of benzene rings is 2. The van der Waals surface area contributed by atoms with Gasteiger partial charge < -0.3 is 15.2 Å². The minimum atomic E-state index is -1.40. The minimum absolute atomic E-state index is 0.0708. The van der Waals surface area contributed by atoms with E-state index in [1.165, 1.54) is 6.42 Å². The molecule has 0 saturated heterocycles. The Morgan fingerprint density at radius 1 is 1.12 bits per heavy atom. The first-order chi connectivity index (χ1) is 15.9. The number of aromatic nitrogens is 2. The summed E-state index contributed by atoms with van der Waals surface area (Å²) in [5.41, 5.74) is 8.51. The summed E-state index contributed by atoms with van der Waals surface area (Å²) in [6, 6.07) is 15.2. The molecule has 33 heavy (non-hydrogen) atoms. The molecule has 1 heterocycles. The Morgan fingerprint density at radius 2 is 1.85 bits per heavy atom. The van der Waals surface area contributed by atoms with Crippen molar-refractivity contribution in [3.8, 4) is 0 Å². The summed E-state index contributed by atoms with van der Waals surface area (Å²) in [7, 11) is 0.398. The third kappa shape index (κ3) is 5.33. The number of primary amides is 1. The van der Waals surface area contributed by atoms with E-state index >= 15 is 0 Å². The lowest BCUT2D eigenvalue weighted by atomic mass is 9.88. The predicted octanol–water partition coefficient (Wildman–Crippen LogP) is 3.76. The molecule has 2 amide bonds. The lowest BCUT2D eigenvalue weighted by Crippen LogP contribution is -2.33. The molecule has 0 radical (unpaired) electrons. The summed E-state index contributed by atoms with van der Waals surface area (Å²) in [5, 5.41) is 0.411. The molecular formula is C25H30N4O3S. The molecule has 4 rings (SSSR count). The van der Waals surface area contributed by atoms with Gasteiger partial charge >= 0.3 is 0 Å². The largest absolute Gasteiger partial charge is 0.370 e. The minimum Gasteiger partial charge on any atom is -0.370 e. The van der Waals surface area contributed by atoms with Crippen LogP contribution in [-0.4, -0.2) is 32.6 Å². The Bertz CT molecular complexity index is 1170. The Hall–Kier alpha value is -3.00. The maximum absolute atomic E-state index is 13.2. The topological polar surface area (TPSA) is 98.3 Å². The van der Waals surface area contributed by atoms with Crippen LogP contribution in [0.25, 0.3) is 11.0 Å². The van der Waals surface area contributed by atoms with Gasteiger partial charge in [0.2, 0.25) is 11.8 Å². The Labute approximate surface area is 196 Å². The first kappa shape index (κ1) is 23.2. The van der Waals surface area contributed by atoms with Crippen LogP contribution in [0.2, 0.25) is 0 Å². The molecule has 3 aromatic rings. The molecular weight excluding hydrogens is 436 g/mol. The van der Waals surface area contributed by atoms with Crippen molar-refractivity contribution < 1.29 is 13.8 Å². The number of hydrogen-bond donors (Lipinski definition) is 1. The summed E-state index contributed by atoms with van der Waals surface area (Å²) in [5.74, 6) is 0.107. The Morgan fingerprint density at radius 3 is 2.55 bits per heavy atom. The van der Waals surface area contributed by atoms with E-state index in [9.17, 15) is 13.8 Å². The van der Waals surface area contributed by atoms with Gasteiger partial charge in [0.15, 0.2) is 5.16 Å². The monoisotopic (exact) mass is 466 g/mol. The number of fused-ring (bicyclic) bond motifs is 1. The van der Waals surface area contributed by atoms with E-state index in [2.05, 4.69) is 4.98 Å². The van der Waals surface area contributed by atoms with Crippen LogP contribution in [0.3, 0.4) is 0 Å². The molecule has 0 bridgehead atoms. The van der Waals surface area contributed by atoms with Gasteiger partial charge in [-0.05, 0) is 36.6 Å². The molecule has 1 unspecified atom stereocenters. The molecule has 2 aromatic carbocycles. The second-order valence-electron chi connectivity index (χ2n) is 8.64. The highest BCUT2D eigenvalue weighted by Crippen LogP contribution is 2.29. The third-order valence-corrected chi connectivity index (χ3v) is 7.61. The quantitative estimate of drug-likeness (QED) is 0.546. The van der Waals surface area contributed by atoms with Crippen LogP contribution in [0.15, 0.2) is 53.7 Å². The van der Waals surface area contributed by atoms with Crippen LogP contribution >= 0.6 is 0 Å². The lowest BCUT2D eigenvalue weighted by Gasteiger charge is -2.26. The van der Waals surface area contributed by atoms with Crippen molar-refractivity contribution in [2.75, 3.05) is 11.9 Å². The van der Waals surface area contributed by atoms with Gasteiger partial charge in [-0.2, -0.15) is 0 Å². The van der Waals surface area contributed by atoms with Crippen molar-refractivity contribution in [2.45, 2.75) is 56.0 Å². The zero-order chi connectivity index (χ0) is 23.4. The van der Waals surface area contributed by atoms with Crippen LogP contribution in [0.1, 0.15) is 44.1 Å². The average molecular weight is 467 g/mol. The molecule has 7 nitrogen and oxygen atoms in total. The number of amides is 2. The van der Waals surface area contributed by atoms with Crippen LogP contribution in [0.4, 0.5) is 5.69 Å². The number of carbonyl (C=O) groups is 2. The summed E-state index contributed by atoms with van der Waals surface area (Å²) < 4.78 is 15.0. The van der Waals surface area contributed by atoms with Crippen LogP contribution in [0.5, 0.6) is 0 Å². The molecule has 1 saturated carbocycles. The smallest absolute Gasteiger partial charge is 0.229 e. The maximum atomic E-state index is 13.2. The highest BCUT2D eigenvalue weighted by molar-refractivity contribution is 7.84. The van der Waals surface area contributed by atoms with Gasteiger partial charge in [-0.1, -0.05) is 49.6 Å². The molecule has 1 aliphatic carbocycles. The maximum Gasteiger partial charge on any atom is 0.229 e. The number of aryl methyl sites for hydroxylation is 1. The van der Waals surface area contributed by atoms with Crippen molar-refractivity contribution in [1.29, 1.82) is 0 Å². The van der Waals surface area contributed by atoms with Crippen LogP contribution in [0, 0.1) is 5.92 Å². The van der Waals surface area contributed by atoms with E-state index in [1.54, 1.807) is 11.9 Å². The molecule has 1 aliphatic rings. The first-order valence-electron chi connectivity index (χ1n) is 11.4. The summed E-state index contributed by atoms with van der Waals surface area (Å²) in [6.45, 7) is 0.303. The normalized spacial score (nSPS) is 15.4. The zero-order valence-electron chi connectivity index (χ0n) is 18.9. The van der Waals surface area contributed by atoms with Crippen molar-refractivity contribution in [3.63, 3.8) is 0 Å². The standard InChI is InChI=1S/C25H30N4O3S/c1-28(24(31)19-10-6-3-7-11-19)20-12-13-22-21(16-20)27-25(29(22)15-14-23(26)30)33(32)17-18-8-4-2-5-9-18/h2,4-5,8-9,12-13,16,19H,3,6-7,10-11,14-15,17H2,1H3,(H2,26,30). The zero-order valence-corrected chi connectivity index (χ0v) is 19.7. The SMILES string of the molecule is CN(C(=O)C1CCCCC1)c1ccc2c(c1)nc(S(=O)Cc1ccccc1)n2CCC(N)=O. The Balaban J connectivity index is 1.65. The number of rotatable bonds is 8. The van der Waals surface area contributed by atoms with Gasteiger partial charge in [-0.3, -0.25) is 13.8 Å². The first-order valence-corrected chi connectivity index (χ1v) is 12.7. The summed E-state index contributed by atoms with van der Waals surface area (Å²) in [4.78, 5) is 30.8. The highest BCUT2D eigenvalue weighted by atomic mass is 32.2. The average Bonchev–Trinajstić information content (AvgIpc) is 3.21. The summed E-state index contributed by atoms with van der Waals surface area (Å²) >= 11 is 0. The number of nitrogens with zero attached hydrogens (tertiary/aromatic N) is 3. The van der Waals surface area contributed by atoms with Gasteiger partial charge in [0.05, 0.1) is 27.6 Å². The van der Waals surface area contributed by atoms with E-state index in [4.69, 9.17) is 5.73 Å². The molecule has 1 aromatic heterocycles. The van der Waals surface area contributed by atoms with Gasteiger partial charge in [0.25, 0.3) is 0 Å². The molecule has 0 spiro atoms. The number of anilines is 1. The molecule has 174 valence electrons. The van der Waals surface area contributed by atoms with Crippen molar-refractivity contribution >= 4 is 39.3 Å². The van der Waals surface area contributed by atoms with Crippen molar-refractivity contribution in [1.82, 2.24) is 9.55 Å². The fourth-order valence-corrected chi connectivity index (χ4v) is 5.72. The molecule has 0 aliphatic heterocycles. The van der Waals surface area contributed by atoms with Gasteiger partial charge in [0.1, 0.15) is 0 Å². The highest BCUT2D eigenvalue weighted by Gasteiger charge is 2.25. The van der Waals surface area contributed by atoms with Gasteiger partial charge in [-0.15, -0.1) is 0 Å². The Kier molecular flexibility index (Phi) is 7.23. The van der Waals surface area contributed by atoms with E-state index in [0.29, 0.717) is 23.0 Å². The summed E-state index contributed by atoms with van der Waals surface area (Å²) in [6.07, 6.45) is 5.41. The third-order valence-electron chi connectivity index (χ3n) is 6.30. The number of carbonyl (C=O) groups excluding carboxylic acids is 2. The van der Waals surface area contributed by atoms with Gasteiger partial charge in [0, 0.05) is 31.6 Å². The van der Waals surface area contributed by atoms with Crippen LogP contribution < -0.4 is 10.6 Å². The van der Waals surface area contributed by atoms with E-state index in [1.807, 2.05) is 53.1 Å². The van der Waals surface area contributed by atoms with E-state index in [-0.39, 0.29) is 18.2 Å². The fourth-order valence-electron chi connectivity index (χ4n) is 4.46. The number of hydrogen-bond acceptors (Lipinski definition) is 4. The van der Waals surface area contributed by atoms with Crippen molar-refractivity contribution in [2.24, 2.45) is 11.7 Å². The van der Waals surface area contributed by atoms with E-state index < -0.39 is 16.7 Å².